The predicted octanol–water partition coefficient (Wildman–Crippen LogP) is 4.93. The summed E-state index contributed by atoms with van der Waals surface area (Å²) in [4.78, 5) is 12.4. The normalized spacial score (nSPS) is 10.7. The molecule has 0 radical (unpaired) electrons. The number of hydrogen-bond donors (Lipinski definition) is 1. The Morgan fingerprint density at radius 1 is 0.967 bits per heavy atom. The average molecular weight is 409 g/mol. The van der Waals surface area contributed by atoms with E-state index in [9.17, 15) is 4.79 Å². The van der Waals surface area contributed by atoms with E-state index < -0.39 is 0 Å². The molecule has 0 saturated heterocycles. The monoisotopic (exact) mass is 409 g/mol. The Bertz CT molecular complexity index is 976. The molecule has 1 amide bonds. The summed E-state index contributed by atoms with van der Waals surface area (Å²) >= 11 is 0. The van der Waals surface area contributed by atoms with Crippen LogP contribution in [0.15, 0.2) is 59.0 Å². The Labute approximate surface area is 176 Å². The number of ether oxygens (including phenoxy) is 3. The zero-order chi connectivity index (χ0) is 21.5. The van der Waals surface area contributed by atoms with Crippen molar-refractivity contribution < 1.29 is 23.4 Å². The Balaban J connectivity index is 1.53. The molecule has 0 aliphatic carbocycles. The molecule has 0 bridgehead atoms. The molecule has 0 atom stereocenters. The molecular weight excluding hydrogens is 382 g/mol. The number of carbonyl (C=O) groups excluding carboxylic acids is 1. The van der Waals surface area contributed by atoms with Gasteiger partial charge in [0.1, 0.15) is 18.1 Å². The van der Waals surface area contributed by atoms with Gasteiger partial charge in [-0.1, -0.05) is 32.0 Å². The molecule has 0 aliphatic rings. The first-order chi connectivity index (χ1) is 14.5. The first kappa shape index (κ1) is 21.3. The van der Waals surface area contributed by atoms with Crippen molar-refractivity contribution >= 4 is 5.91 Å². The number of hydrogen-bond acceptors (Lipinski definition) is 5. The van der Waals surface area contributed by atoms with Crippen LogP contribution in [0.4, 0.5) is 0 Å². The van der Waals surface area contributed by atoms with Crippen molar-refractivity contribution in [2.75, 3.05) is 14.2 Å². The highest BCUT2D eigenvalue weighted by molar-refractivity contribution is 5.91. The summed E-state index contributed by atoms with van der Waals surface area (Å²) in [6, 6.07) is 16.9. The fraction of sp³-hybridized carbons (Fsp3) is 0.292. The summed E-state index contributed by atoms with van der Waals surface area (Å²) in [5.74, 6) is 3.02. The second-order valence-corrected chi connectivity index (χ2v) is 7.15. The lowest BCUT2D eigenvalue weighted by molar-refractivity contribution is 0.0919. The Hall–Kier alpha value is -3.41. The lowest BCUT2D eigenvalue weighted by Crippen LogP contribution is -2.22. The van der Waals surface area contributed by atoms with Crippen LogP contribution in [0.5, 0.6) is 17.2 Å². The van der Waals surface area contributed by atoms with E-state index >= 15 is 0 Å². The van der Waals surface area contributed by atoms with Crippen molar-refractivity contribution in [3.63, 3.8) is 0 Å². The molecule has 1 heterocycles. The molecule has 3 aromatic rings. The van der Waals surface area contributed by atoms with Crippen LogP contribution in [0.1, 0.15) is 47.2 Å². The molecule has 30 heavy (non-hydrogen) atoms. The molecule has 0 fully saturated rings. The molecule has 0 spiro atoms. The van der Waals surface area contributed by atoms with Crippen molar-refractivity contribution in [1.82, 2.24) is 5.32 Å². The second kappa shape index (κ2) is 9.87. The van der Waals surface area contributed by atoms with Gasteiger partial charge in [-0.3, -0.25) is 4.79 Å². The fourth-order valence-corrected chi connectivity index (χ4v) is 2.94. The number of benzene rings is 2. The van der Waals surface area contributed by atoms with E-state index in [4.69, 9.17) is 18.6 Å². The third-order valence-electron chi connectivity index (χ3n) is 4.71. The van der Waals surface area contributed by atoms with Gasteiger partial charge < -0.3 is 23.9 Å². The summed E-state index contributed by atoms with van der Waals surface area (Å²) in [6.45, 7) is 4.89. The van der Waals surface area contributed by atoms with Gasteiger partial charge in [-0.05, 0) is 53.4 Å². The summed E-state index contributed by atoms with van der Waals surface area (Å²) in [7, 11) is 3.16. The highest BCUT2D eigenvalue weighted by atomic mass is 16.5. The van der Waals surface area contributed by atoms with Crippen molar-refractivity contribution in [2.24, 2.45) is 0 Å². The SMILES string of the molecule is COc1ccc(CNC(=O)c2ccc(COc3ccc(C(C)C)cc3)o2)cc1OC. The van der Waals surface area contributed by atoms with Crippen LogP contribution in [-0.2, 0) is 13.2 Å². The molecule has 1 N–H and O–H groups in total. The second-order valence-electron chi connectivity index (χ2n) is 7.15. The van der Waals surface area contributed by atoms with Crippen molar-refractivity contribution in [1.29, 1.82) is 0 Å². The van der Waals surface area contributed by atoms with Gasteiger partial charge in [0.25, 0.3) is 5.91 Å². The largest absolute Gasteiger partial charge is 0.493 e. The van der Waals surface area contributed by atoms with E-state index in [2.05, 4.69) is 31.3 Å². The Morgan fingerprint density at radius 3 is 2.37 bits per heavy atom. The van der Waals surface area contributed by atoms with Crippen LogP contribution in [0.25, 0.3) is 0 Å². The van der Waals surface area contributed by atoms with Crippen molar-refractivity contribution in [3.8, 4) is 17.2 Å². The van der Waals surface area contributed by atoms with Gasteiger partial charge in [0.05, 0.1) is 14.2 Å². The highest BCUT2D eigenvalue weighted by Crippen LogP contribution is 2.27. The molecule has 3 rings (SSSR count). The van der Waals surface area contributed by atoms with E-state index in [1.54, 1.807) is 32.4 Å². The topological polar surface area (TPSA) is 69.9 Å². The first-order valence-corrected chi connectivity index (χ1v) is 9.80. The summed E-state index contributed by atoms with van der Waals surface area (Å²) in [5, 5.41) is 2.84. The number of nitrogens with one attached hydrogen (secondary N) is 1. The van der Waals surface area contributed by atoms with Crippen molar-refractivity contribution in [3.05, 3.63) is 77.2 Å². The van der Waals surface area contributed by atoms with Crippen LogP contribution < -0.4 is 19.5 Å². The van der Waals surface area contributed by atoms with Crippen LogP contribution in [0.2, 0.25) is 0 Å². The maximum Gasteiger partial charge on any atom is 0.287 e. The smallest absolute Gasteiger partial charge is 0.287 e. The molecule has 1 aromatic heterocycles. The molecule has 6 nitrogen and oxygen atoms in total. The van der Waals surface area contributed by atoms with E-state index in [-0.39, 0.29) is 18.3 Å². The third-order valence-corrected chi connectivity index (χ3v) is 4.71. The van der Waals surface area contributed by atoms with Gasteiger partial charge in [-0.2, -0.15) is 0 Å². The van der Waals surface area contributed by atoms with Crippen LogP contribution in [-0.4, -0.2) is 20.1 Å². The van der Waals surface area contributed by atoms with Crippen molar-refractivity contribution in [2.45, 2.75) is 32.9 Å². The van der Waals surface area contributed by atoms with E-state index in [1.807, 2.05) is 24.3 Å². The quantitative estimate of drug-likeness (QED) is 0.543. The molecular formula is C24H27NO5. The summed E-state index contributed by atoms with van der Waals surface area (Å²) in [6.07, 6.45) is 0. The fourth-order valence-electron chi connectivity index (χ4n) is 2.94. The lowest BCUT2D eigenvalue weighted by atomic mass is 10.0. The van der Waals surface area contributed by atoms with Gasteiger partial charge in [-0.15, -0.1) is 0 Å². The van der Waals surface area contributed by atoms with Gasteiger partial charge in [-0.25, -0.2) is 0 Å². The predicted molar refractivity (Wildman–Crippen MR) is 114 cm³/mol. The number of amides is 1. The van der Waals surface area contributed by atoms with E-state index in [0.717, 1.165) is 11.3 Å². The van der Waals surface area contributed by atoms with Gasteiger partial charge in [0.15, 0.2) is 17.3 Å². The minimum atomic E-state index is -0.294. The zero-order valence-corrected chi connectivity index (χ0v) is 17.7. The molecule has 6 heteroatoms. The molecule has 0 saturated carbocycles. The number of rotatable bonds is 9. The average Bonchev–Trinajstić information content (AvgIpc) is 3.25. The maximum absolute atomic E-state index is 12.4. The zero-order valence-electron chi connectivity index (χ0n) is 17.7. The number of carbonyl (C=O) groups is 1. The summed E-state index contributed by atoms with van der Waals surface area (Å²) in [5.41, 5.74) is 2.15. The first-order valence-electron chi connectivity index (χ1n) is 9.80. The maximum atomic E-state index is 12.4. The van der Waals surface area contributed by atoms with Crippen LogP contribution in [0, 0.1) is 0 Å². The standard InChI is InChI=1S/C24H27NO5/c1-16(2)18-6-8-19(9-7-18)29-15-20-10-12-22(30-20)24(26)25-14-17-5-11-21(27-3)23(13-17)28-4/h5-13,16H,14-15H2,1-4H3,(H,25,26). The van der Waals surface area contributed by atoms with Crippen LogP contribution in [0.3, 0.4) is 0 Å². The molecule has 0 aliphatic heterocycles. The van der Waals surface area contributed by atoms with Gasteiger partial charge in [0, 0.05) is 6.54 Å². The molecule has 2 aromatic carbocycles. The number of methoxy groups -OCH3 is 2. The van der Waals surface area contributed by atoms with Crippen LogP contribution >= 0.6 is 0 Å². The molecule has 158 valence electrons. The lowest BCUT2D eigenvalue weighted by Gasteiger charge is -2.10. The van der Waals surface area contributed by atoms with Gasteiger partial charge >= 0.3 is 0 Å². The highest BCUT2D eigenvalue weighted by Gasteiger charge is 2.12. The van der Waals surface area contributed by atoms with Gasteiger partial charge in [0.2, 0.25) is 0 Å². The number of furan rings is 1. The summed E-state index contributed by atoms with van der Waals surface area (Å²) < 4.78 is 21.9. The van der Waals surface area contributed by atoms with E-state index in [1.165, 1.54) is 5.56 Å². The van der Waals surface area contributed by atoms with E-state index in [0.29, 0.717) is 29.7 Å². The Morgan fingerprint density at radius 2 is 1.70 bits per heavy atom. The minimum absolute atomic E-state index is 0.240. The Kier molecular flexibility index (Phi) is 7.01. The third kappa shape index (κ3) is 5.35. The minimum Gasteiger partial charge on any atom is -0.493 e. The molecule has 0 unspecified atom stereocenters.